The first kappa shape index (κ1) is 14.7. The van der Waals surface area contributed by atoms with E-state index in [0.29, 0.717) is 10.9 Å². The van der Waals surface area contributed by atoms with Gasteiger partial charge in [0, 0.05) is 32.5 Å². The van der Waals surface area contributed by atoms with E-state index < -0.39 is 0 Å². The Labute approximate surface area is 131 Å². The molecular formula is C16H23N3OS. The molecule has 0 bridgehead atoms. The molecule has 0 aromatic carbocycles. The Morgan fingerprint density at radius 2 is 2.19 bits per heavy atom. The van der Waals surface area contributed by atoms with Crippen molar-refractivity contribution in [2.75, 3.05) is 31.7 Å². The number of anilines is 1. The van der Waals surface area contributed by atoms with E-state index in [-0.39, 0.29) is 0 Å². The number of nitrogens with two attached hydrogens (primary N) is 1. The average molecular weight is 305 g/mol. The van der Waals surface area contributed by atoms with Gasteiger partial charge in [-0.1, -0.05) is 12.2 Å². The molecule has 0 amide bonds. The molecule has 5 heteroatoms. The zero-order valence-electron chi connectivity index (χ0n) is 12.6. The smallest absolute Gasteiger partial charge is 0.138 e. The number of rotatable bonds is 4. The largest absolute Gasteiger partial charge is 0.389 e. The Bertz CT molecular complexity index is 541. The van der Waals surface area contributed by atoms with Gasteiger partial charge in [-0.15, -0.1) is 0 Å². The molecule has 2 N–H and O–H groups in total. The Morgan fingerprint density at radius 1 is 1.43 bits per heavy atom. The minimum atomic E-state index is 0.450. The Hall–Kier alpha value is -1.20. The summed E-state index contributed by atoms with van der Waals surface area (Å²) in [5, 5.41) is 0. The van der Waals surface area contributed by atoms with E-state index in [1.54, 1.807) is 0 Å². The summed E-state index contributed by atoms with van der Waals surface area (Å²) in [4.78, 5) is 7.54. The number of thiocarbonyl (C=S) groups is 1. The lowest BCUT2D eigenvalue weighted by Gasteiger charge is -2.29. The van der Waals surface area contributed by atoms with Gasteiger partial charge in [-0.2, -0.15) is 0 Å². The van der Waals surface area contributed by atoms with Gasteiger partial charge in [0.1, 0.15) is 10.8 Å². The molecule has 0 unspecified atom stereocenters. The summed E-state index contributed by atoms with van der Waals surface area (Å²) in [7, 11) is 2.10. The van der Waals surface area contributed by atoms with Crippen molar-refractivity contribution in [2.45, 2.75) is 32.1 Å². The highest BCUT2D eigenvalue weighted by Crippen LogP contribution is 2.28. The molecule has 1 aromatic heterocycles. The maximum absolute atomic E-state index is 5.92. The van der Waals surface area contributed by atoms with Gasteiger partial charge in [-0.3, -0.25) is 0 Å². The molecule has 2 aliphatic rings. The van der Waals surface area contributed by atoms with Gasteiger partial charge in [0.05, 0.1) is 5.56 Å². The van der Waals surface area contributed by atoms with Crippen LogP contribution in [0.2, 0.25) is 0 Å². The molecule has 1 aromatic rings. The molecule has 2 heterocycles. The lowest BCUT2D eigenvalue weighted by atomic mass is 9.99. The summed E-state index contributed by atoms with van der Waals surface area (Å²) in [6.07, 6.45) is 5.61. The van der Waals surface area contributed by atoms with Gasteiger partial charge >= 0.3 is 0 Å². The standard InChI is InChI=1S/C16H23N3OS/c1-19(10-11-5-7-20-8-6-11)16-13(15(17)21)9-12-3-2-4-14(12)18-16/h9,11H,2-8,10H2,1H3,(H2,17,21). The quantitative estimate of drug-likeness (QED) is 0.863. The first-order valence-corrected chi connectivity index (χ1v) is 8.17. The fourth-order valence-electron chi connectivity index (χ4n) is 3.34. The molecule has 1 aliphatic heterocycles. The number of aromatic nitrogens is 1. The van der Waals surface area contributed by atoms with E-state index in [9.17, 15) is 0 Å². The fraction of sp³-hybridized carbons (Fsp3) is 0.625. The average Bonchev–Trinajstić information content (AvgIpc) is 2.94. The lowest BCUT2D eigenvalue weighted by molar-refractivity contribution is 0.0685. The van der Waals surface area contributed by atoms with Crippen molar-refractivity contribution in [3.8, 4) is 0 Å². The number of pyridine rings is 1. The highest BCUT2D eigenvalue weighted by molar-refractivity contribution is 7.80. The third-order valence-corrected chi connectivity index (χ3v) is 4.75. The van der Waals surface area contributed by atoms with Gasteiger partial charge < -0.3 is 15.4 Å². The molecule has 21 heavy (non-hydrogen) atoms. The van der Waals surface area contributed by atoms with E-state index in [2.05, 4.69) is 18.0 Å². The van der Waals surface area contributed by atoms with Crippen LogP contribution in [-0.2, 0) is 17.6 Å². The topological polar surface area (TPSA) is 51.4 Å². The van der Waals surface area contributed by atoms with E-state index in [0.717, 1.165) is 56.8 Å². The molecule has 114 valence electrons. The van der Waals surface area contributed by atoms with E-state index in [1.807, 2.05) is 0 Å². The first-order chi connectivity index (χ1) is 10.1. The molecule has 3 rings (SSSR count). The van der Waals surface area contributed by atoms with Crippen LogP contribution in [0.15, 0.2) is 6.07 Å². The lowest BCUT2D eigenvalue weighted by Crippen LogP contribution is -2.32. The van der Waals surface area contributed by atoms with Crippen LogP contribution in [0.5, 0.6) is 0 Å². The maximum Gasteiger partial charge on any atom is 0.138 e. The zero-order valence-corrected chi connectivity index (χ0v) is 13.4. The summed E-state index contributed by atoms with van der Waals surface area (Å²) in [5.41, 5.74) is 9.40. The van der Waals surface area contributed by atoms with Crippen LogP contribution in [0.4, 0.5) is 5.82 Å². The molecule has 4 nitrogen and oxygen atoms in total. The second-order valence-electron chi connectivity index (χ2n) is 6.12. The fourth-order valence-corrected chi connectivity index (χ4v) is 3.49. The molecular weight excluding hydrogens is 282 g/mol. The highest BCUT2D eigenvalue weighted by Gasteiger charge is 2.22. The third kappa shape index (κ3) is 3.19. The maximum atomic E-state index is 5.92. The SMILES string of the molecule is CN(CC1CCOCC1)c1nc2c(cc1C(N)=S)CCC2. The summed E-state index contributed by atoms with van der Waals surface area (Å²) >= 11 is 5.24. The van der Waals surface area contributed by atoms with Gasteiger partial charge in [-0.25, -0.2) is 4.98 Å². The molecule has 0 atom stereocenters. The van der Waals surface area contributed by atoms with Crippen LogP contribution in [-0.4, -0.2) is 36.8 Å². The minimum absolute atomic E-state index is 0.450. The summed E-state index contributed by atoms with van der Waals surface area (Å²) in [5.74, 6) is 1.62. The van der Waals surface area contributed by atoms with Crippen molar-refractivity contribution in [3.05, 3.63) is 22.9 Å². The number of nitrogens with zero attached hydrogens (tertiary/aromatic N) is 2. The second kappa shape index (κ2) is 6.28. The molecule has 1 fully saturated rings. The summed E-state index contributed by atoms with van der Waals surface area (Å²) in [6, 6.07) is 2.16. The number of aryl methyl sites for hydroxylation is 2. The molecule has 0 radical (unpaired) electrons. The Balaban J connectivity index is 1.83. The zero-order chi connectivity index (χ0) is 14.8. The van der Waals surface area contributed by atoms with Gasteiger partial charge in [0.15, 0.2) is 0 Å². The number of ether oxygens (including phenoxy) is 1. The number of fused-ring (bicyclic) bond motifs is 1. The minimum Gasteiger partial charge on any atom is -0.389 e. The molecule has 0 saturated carbocycles. The van der Waals surface area contributed by atoms with Crippen molar-refractivity contribution in [3.63, 3.8) is 0 Å². The van der Waals surface area contributed by atoms with Crippen molar-refractivity contribution in [1.29, 1.82) is 0 Å². The van der Waals surface area contributed by atoms with E-state index >= 15 is 0 Å². The molecule has 1 aliphatic carbocycles. The van der Waals surface area contributed by atoms with Crippen LogP contribution in [0, 0.1) is 5.92 Å². The van der Waals surface area contributed by atoms with E-state index in [4.69, 9.17) is 27.7 Å². The third-order valence-electron chi connectivity index (χ3n) is 4.53. The summed E-state index contributed by atoms with van der Waals surface area (Å²) in [6.45, 7) is 2.74. The van der Waals surface area contributed by atoms with Gasteiger partial charge in [-0.05, 0) is 49.7 Å². The predicted octanol–water partition coefficient (Wildman–Crippen LogP) is 2.07. The van der Waals surface area contributed by atoms with Gasteiger partial charge in [0.25, 0.3) is 0 Å². The van der Waals surface area contributed by atoms with Crippen LogP contribution in [0.3, 0.4) is 0 Å². The summed E-state index contributed by atoms with van der Waals surface area (Å²) < 4.78 is 5.43. The predicted molar refractivity (Wildman–Crippen MR) is 89.0 cm³/mol. The van der Waals surface area contributed by atoms with Crippen molar-refractivity contribution in [2.24, 2.45) is 11.7 Å². The van der Waals surface area contributed by atoms with Crippen LogP contribution in [0.1, 0.15) is 36.1 Å². The van der Waals surface area contributed by atoms with Crippen LogP contribution < -0.4 is 10.6 Å². The van der Waals surface area contributed by atoms with Crippen molar-refractivity contribution >= 4 is 23.0 Å². The highest BCUT2D eigenvalue weighted by atomic mass is 32.1. The van der Waals surface area contributed by atoms with Crippen LogP contribution >= 0.6 is 12.2 Å². The number of hydrogen-bond donors (Lipinski definition) is 1. The molecule has 0 spiro atoms. The van der Waals surface area contributed by atoms with Crippen molar-refractivity contribution < 1.29 is 4.74 Å². The van der Waals surface area contributed by atoms with Crippen LogP contribution in [0.25, 0.3) is 0 Å². The first-order valence-electron chi connectivity index (χ1n) is 7.76. The van der Waals surface area contributed by atoms with E-state index in [1.165, 1.54) is 17.7 Å². The number of hydrogen-bond acceptors (Lipinski definition) is 4. The second-order valence-corrected chi connectivity index (χ2v) is 6.56. The monoisotopic (exact) mass is 305 g/mol. The van der Waals surface area contributed by atoms with Crippen molar-refractivity contribution in [1.82, 2.24) is 4.98 Å². The Kier molecular flexibility index (Phi) is 4.40. The van der Waals surface area contributed by atoms with Gasteiger partial charge in [0.2, 0.25) is 0 Å². The normalized spacial score (nSPS) is 18.5. The Morgan fingerprint density at radius 3 is 2.90 bits per heavy atom. The molecule has 1 saturated heterocycles.